The molecule has 5 rings (SSSR count). The predicted molar refractivity (Wildman–Crippen MR) is 115 cm³/mol. The number of nitrogens with one attached hydrogen (secondary N) is 1. The summed E-state index contributed by atoms with van der Waals surface area (Å²) in [7, 11) is 2.00. The van der Waals surface area contributed by atoms with Crippen LogP contribution in [0.4, 0.5) is 0 Å². The van der Waals surface area contributed by atoms with Crippen molar-refractivity contribution in [3.05, 3.63) is 101 Å². The van der Waals surface area contributed by atoms with Gasteiger partial charge in [-0.15, -0.1) is 0 Å². The molecule has 1 amide bonds. The van der Waals surface area contributed by atoms with Crippen molar-refractivity contribution in [2.24, 2.45) is 7.05 Å². The van der Waals surface area contributed by atoms with Gasteiger partial charge in [-0.05, 0) is 60.2 Å². The number of carbonyl (C=O) groups excluding carboxylic acids is 1. The van der Waals surface area contributed by atoms with Crippen molar-refractivity contribution >= 4 is 16.9 Å². The van der Waals surface area contributed by atoms with E-state index in [-0.39, 0.29) is 11.9 Å². The largest absolute Gasteiger partial charge is 0.338 e. The zero-order chi connectivity index (χ0) is 19.8. The number of hydrogen-bond acceptors (Lipinski definition) is 2. The number of nitrogens with zero attached hydrogens (tertiary/aromatic N) is 2. The third-order valence-corrected chi connectivity index (χ3v) is 5.85. The lowest BCUT2D eigenvalue weighted by molar-refractivity contribution is 0.0941. The summed E-state index contributed by atoms with van der Waals surface area (Å²) in [6.07, 6.45) is 3.35. The van der Waals surface area contributed by atoms with Gasteiger partial charge < -0.3 is 9.88 Å². The molecule has 1 aliphatic carbocycles. The van der Waals surface area contributed by atoms with Crippen molar-refractivity contribution in [2.75, 3.05) is 0 Å². The van der Waals surface area contributed by atoms with Crippen LogP contribution in [0.1, 0.15) is 45.3 Å². The number of para-hydroxylation sites is 2. The first kappa shape index (κ1) is 17.7. The molecule has 29 heavy (non-hydrogen) atoms. The Morgan fingerprint density at radius 3 is 2.55 bits per heavy atom. The number of amides is 1. The first-order valence-electron chi connectivity index (χ1n) is 10.1. The molecule has 0 bridgehead atoms. The summed E-state index contributed by atoms with van der Waals surface area (Å²) < 4.78 is 2.07. The average Bonchev–Trinajstić information content (AvgIpc) is 3.36. The van der Waals surface area contributed by atoms with Crippen LogP contribution in [0.3, 0.4) is 0 Å². The smallest absolute Gasteiger partial charge is 0.252 e. The third kappa shape index (κ3) is 3.21. The fourth-order valence-electron chi connectivity index (χ4n) is 4.29. The van der Waals surface area contributed by atoms with Crippen LogP contribution in [-0.2, 0) is 19.9 Å². The Hall–Kier alpha value is -3.40. The van der Waals surface area contributed by atoms with Crippen molar-refractivity contribution in [2.45, 2.75) is 25.3 Å². The van der Waals surface area contributed by atoms with Crippen molar-refractivity contribution in [3.8, 4) is 0 Å². The molecule has 4 aromatic rings. The topological polar surface area (TPSA) is 46.9 Å². The molecule has 144 valence electrons. The number of imidazole rings is 1. The first-order chi connectivity index (χ1) is 14.2. The number of aromatic nitrogens is 2. The van der Waals surface area contributed by atoms with Gasteiger partial charge in [0.2, 0.25) is 0 Å². The highest BCUT2D eigenvalue weighted by atomic mass is 16.1. The lowest BCUT2D eigenvalue weighted by Gasteiger charge is -2.19. The van der Waals surface area contributed by atoms with E-state index < -0.39 is 0 Å². The van der Waals surface area contributed by atoms with Gasteiger partial charge in [0.25, 0.3) is 5.91 Å². The maximum atomic E-state index is 13.2. The van der Waals surface area contributed by atoms with Crippen LogP contribution in [0.15, 0.2) is 72.8 Å². The second-order valence-corrected chi connectivity index (χ2v) is 7.67. The average molecular weight is 381 g/mol. The molecule has 1 atom stereocenters. The maximum absolute atomic E-state index is 13.2. The second kappa shape index (κ2) is 7.21. The highest BCUT2D eigenvalue weighted by Gasteiger charge is 2.24. The molecule has 0 unspecified atom stereocenters. The SMILES string of the molecule is Cn1c([C@@H](NC(=O)c2ccc3c(c2)CCC3)c2ccccc2)nc2ccccc21. The second-order valence-electron chi connectivity index (χ2n) is 7.67. The summed E-state index contributed by atoms with van der Waals surface area (Å²) in [6.45, 7) is 0. The highest BCUT2D eigenvalue weighted by Crippen LogP contribution is 2.27. The summed E-state index contributed by atoms with van der Waals surface area (Å²) in [5, 5.41) is 3.24. The third-order valence-electron chi connectivity index (χ3n) is 5.85. The van der Waals surface area contributed by atoms with Crippen LogP contribution >= 0.6 is 0 Å². The molecule has 0 fully saturated rings. The van der Waals surface area contributed by atoms with Crippen molar-refractivity contribution in [1.29, 1.82) is 0 Å². The van der Waals surface area contributed by atoms with Gasteiger partial charge in [0.1, 0.15) is 11.9 Å². The van der Waals surface area contributed by atoms with Crippen LogP contribution < -0.4 is 5.32 Å². The fraction of sp³-hybridized carbons (Fsp3) is 0.200. The number of carbonyl (C=O) groups is 1. The van der Waals surface area contributed by atoms with E-state index in [0.717, 1.165) is 35.3 Å². The molecule has 1 aromatic heterocycles. The number of benzene rings is 3. The predicted octanol–water partition coefficient (Wildman–Crippen LogP) is 4.58. The Labute approximate surface area is 170 Å². The quantitative estimate of drug-likeness (QED) is 0.562. The molecule has 4 nitrogen and oxygen atoms in total. The van der Waals surface area contributed by atoms with Crippen LogP contribution in [0.25, 0.3) is 11.0 Å². The number of rotatable bonds is 4. The molecule has 0 saturated heterocycles. The zero-order valence-corrected chi connectivity index (χ0v) is 16.4. The lowest BCUT2D eigenvalue weighted by atomic mass is 10.0. The van der Waals surface area contributed by atoms with E-state index in [4.69, 9.17) is 4.98 Å². The summed E-state index contributed by atoms with van der Waals surface area (Å²) in [5.74, 6) is 0.757. The van der Waals surface area contributed by atoms with E-state index in [1.165, 1.54) is 17.5 Å². The van der Waals surface area contributed by atoms with Gasteiger partial charge in [0.15, 0.2) is 0 Å². The van der Waals surface area contributed by atoms with Crippen molar-refractivity contribution in [1.82, 2.24) is 14.9 Å². The minimum Gasteiger partial charge on any atom is -0.338 e. The minimum atomic E-state index is -0.325. The standard InChI is InChI=1S/C25H23N3O/c1-28-22-13-6-5-12-21(22)26-24(28)23(18-8-3-2-4-9-18)27-25(29)20-15-14-17-10-7-11-19(17)16-20/h2-6,8-9,12-16,23H,7,10-11H2,1H3,(H,27,29)/t23-/m0/s1. The molecule has 3 aromatic carbocycles. The van der Waals surface area contributed by atoms with Gasteiger partial charge in [-0.1, -0.05) is 48.5 Å². The summed E-state index contributed by atoms with van der Waals surface area (Å²) in [4.78, 5) is 18.0. The number of aryl methyl sites for hydroxylation is 3. The van der Waals surface area contributed by atoms with Crippen LogP contribution in [0, 0.1) is 0 Å². The van der Waals surface area contributed by atoms with Gasteiger partial charge in [-0.25, -0.2) is 4.98 Å². The normalized spacial score (nSPS) is 14.0. The summed E-state index contributed by atoms with van der Waals surface area (Å²) >= 11 is 0. The molecular weight excluding hydrogens is 358 g/mol. The van der Waals surface area contributed by atoms with E-state index in [1.807, 2.05) is 61.6 Å². The monoisotopic (exact) mass is 381 g/mol. The molecule has 1 heterocycles. The summed E-state index contributed by atoms with van der Waals surface area (Å²) in [6, 6.07) is 23.9. The van der Waals surface area contributed by atoms with E-state index in [9.17, 15) is 4.79 Å². The Kier molecular flexibility index (Phi) is 4.39. The number of fused-ring (bicyclic) bond motifs is 2. The highest BCUT2D eigenvalue weighted by molar-refractivity contribution is 5.95. The molecular formula is C25H23N3O. The van der Waals surface area contributed by atoms with Crippen LogP contribution in [0.2, 0.25) is 0 Å². The fourth-order valence-corrected chi connectivity index (χ4v) is 4.29. The molecule has 1 aliphatic rings. The Balaban J connectivity index is 1.54. The van der Waals surface area contributed by atoms with Crippen LogP contribution in [-0.4, -0.2) is 15.5 Å². The van der Waals surface area contributed by atoms with Gasteiger partial charge in [-0.2, -0.15) is 0 Å². The van der Waals surface area contributed by atoms with E-state index in [0.29, 0.717) is 5.56 Å². The lowest BCUT2D eigenvalue weighted by Crippen LogP contribution is -2.31. The Bertz CT molecular complexity index is 1190. The number of hydrogen-bond donors (Lipinski definition) is 1. The summed E-state index contributed by atoms with van der Waals surface area (Å²) in [5.41, 5.74) is 6.38. The Morgan fingerprint density at radius 2 is 1.72 bits per heavy atom. The van der Waals surface area contributed by atoms with E-state index in [2.05, 4.69) is 28.1 Å². The first-order valence-corrected chi connectivity index (χ1v) is 10.1. The molecule has 0 aliphatic heterocycles. The molecule has 0 spiro atoms. The van der Waals surface area contributed by atoms with E-state index >= 15 is 0 Å². The Morgan fingerprint density at radius 1 is 0.966 bits per heavy atom. The maximum Gasteiger partial charge on any atom is 0.252 e. The minimum absolute atomic E-state index is 0.0689. The van der Waals surface area contributed by atoms with Gasteiger partial charge in [0.05, 0.1) is 11.0 Å². The van der Waals surface area contributed by atoms with Gasteiger partial charge in [-0.3, -0.25) is 4.79 Å². The van der Waals surface area contributed by atoms with Crippen molar-refractivity contribution < 1.29 is 4.79 Å². The molecule has 4 heteroatoms. The molecule has 1 N–H and O–H groups in total. The van der Waals surface area contributed by atoms with Crippen LogP contribution in [0.5, 0.6) is 0 Å². The van der Waals surface area contributed by atoms with Gasteiger partial charge in [0, 0.05) is 12.6 Å². The molecule has 0 radical (unpaired) electrons. The van der Waals surface area contributed by atoms with Gasteiger partial charge >= 0.3 is 0 Å². The van der Waals surface area contributed by atoms with Crippen molar-refractivity contribution in [3.63, 3.8) is 0 Å². The van der Waals surface area contributed by atoms with E-state index in [1.54, 1.807) is 0 Å². The molecule has 0 saturated carbocycles. The zero-order valence-electron chi connectivity index (χ0n) is 16.4.